The van der Waals surface area contributed by atoms with Gasteiger partial charge < -0.3 is 88.9 Å². The topological polar surface area (TPSA) is 557 Å². The summed E-state index contributed by atoms with van der Waals surface area (Å²) >= 11 is 3.74. The van der Waals surface area contributed by atoms with Crippen molar-refractivity contribution < 1.29 is 113 Å². The highest BCUT2D eigenvalue weighted by Crippen LogP contribution is 2.35. The molecule has 0 radical (unpaired) electrons. The van der Waals surface area contributed by atoms with Crippen LogP contribution in [0.15, 0.2) is 48.5 Å². The van der Waals surface area contributed by atoms with Crippen molar-refractivity contribution in [3.63, 3.8) is 0 Å². The Kier molecular flexibility index (Phi) is 44.5. The van der Waals surface area contributed by atoms with Gasteiger partial charge in [-0.3, -0.25) is 96.7 Å². The number of carboxylic acid groups (broad SMARTS) is 9. The van der Waals surface area contributed by atoms with Crippen LogP contribution in [-0.4, -0.2) is 384 Å². The SMILES string of the molecule is NCCCCCC(=O)Nc1ccc(CC2CN(CC(=O)O)CCN(CC(=O)O)CCN(CC(=O)O)CCN2CC(=O)O)cc1.O=C(O)CCCCC1SCC2NC(=O)NC21.O=C(O)CN1CCN(CC(=O)O)CCN(CC(=O)O)C(Cc2ccc(NC(=O)CCCCCNC(=O)CCCCC3SCC4NC(=O)NC43)cc2)CN(CC(=O)O)CC1. The zero-order valence-electron chi connectivity index (χ0n) is 67.6. The van der Waals surface area contributed by atoms with Crippen LogP contribution in [0.5, 0.6) is 0 Å². The van der Waals surface area contributed by atoms with Crippen LogP contribution in [-0.2, 0) is 70.4 Å². The molecule has 8 unspecified atom stereocenters. The lowest BCUT2D eigenvalue weighted by Gasteiger charge is -2.37. The zero-order chi connectivity index (χ0) is 86.8. The lowest BCUT2D eigenvalue weighted by atomic mass is 10.0. The summed E-state index contributed by atoms with van der Waals surface area (Å²) < 4.78 is 0. The fourth-order valence-electron chi connectivity index (χ4n) is 15.2. The fourth-order valence-corrected chi connectivity index (χ4v) is 18.3. The van der Waals surface area contributed by atoms with Gasteiger partial charge in [-0.05, 0) is 106 Å². The van der Waals surface area contributed by atoms with Gasteiger partial charge in [-0.1, -0.05) is 49.9 Å². The third-order valence-electron chi connectivity index (χ3n) is 21.2. The van der Waals surface area contributed by atoms with Crippen LogP contribution in [0.4, 0.5) is 21.0 Å². The predicted molar refractivity (Wildman–Crippen MR) is 443 cm³/mol. The first-order valence-electron chi connectivity index (χ1n) is 40.8. The first-order chi connectivity index (χ1) is 56.8. The average molecular weight is 1720 g/mol. The second-order valence-corrected chi connectivity index (χ2v) is 33.3. The highest BCUT2D eigenvalue weighted by molar-refractivity contribution is 8.00. The van der Waals surface area contributed by atoms with Gasteiger partial charge in [-0.2, -0.15) is 23.5 Å². The largest absolute Gasteiger partial charge is 0.481 e. The molecule has 6 aliphatic heterocycles. The number of unbranched alkanes of at least 4 members (excludes halogenated alkanes) is 6. The maximum absolute atomic E-state index is 12.7. The molecular formula is C78H122N16O23S2. The Labute approximate surface area is 700 Å². The lowest BCUT2D eigenvalue weighted by Crippen LogP contribution is -2.53. The summed E-state index contributed by atoms with van der Waals surface area (Å²) in [7, 11) is 0. The van der Waals surface area contributed by atoms with Gasteiger partial charge in [0.2, 0.25) is 17.7 Å². The van der Waals surface area contributed by atoms with Gasteiger partial charge in [-0.15, -0.1) is 0 Å². The average Bonchev–Trinajstić information content (AvgIpc) is 1.69. The molecule has 18 N–H and O–H groups in total. The number of carboxylic acids is 9. The molecule has 0 aliphatic carbocycles. The van der Waals surface area contributed by atoms with Crippen LogP contribution in [0.3, 0.4) is 0 Å². The molecule has 6 fully saturated rings. The molecular weight excluding hydrogens is 1590 g/mol. The van der Waals surface area contributed by atoms with E-state index in [1.807, 2.05) is 47.8 Å². The normalized spacial score (nSPS) is 22.1. The van der Waals surface area contributed by atoms with Crippen LogP contribution in [0, 0.1) is 0 Å². The lowest BCUT2D eigenvalue weighted by molar-refractivity contribution is -0.142. The van der Waals surface area contributed by atoms with E-state index in [1.165, 1.54) is 0 Å². The van der Waals surface area contributed by atoms with Gasteiger partial charge in [-0.25, -0.2) is 9.59 Å². The molecule has 8 atom stereocenters. The van der Waals surface area contributed by atoms with Crippen LogP contribution >= 0.6 is 23.5 Å². The van der Waals surface area contributed by atoms with E-state index in [9.17, 15) is 108 Å². The van der Waals surface area contributed by atoms with Gasteiger partial charge in [0.15, 0.2) is 0 Å². The number of carbonyl (C=O) groups excluding carboxylic acids is 5. The van der Waals surface area contributed by atoms with Crippen molar-refractivity contribution in [1.82, 2.24) is 65.8 Å². The smallest absolute Gasteiger partial charge is 0.317 e. The number of anilines is 2. The minimum absolute atomic E-state index is 0.0178. The van der Waals surface area contributed by atoms with Gasteiger partial charge >= 0.3 is 65.8 Å². The van der Waals surface area contributed by atoms with Crippen molar-refractivity contribution in [3.05, 3.63) is 59.7 Å². The Balaban J connectivity index is 0.000000319. The van der Waals surface area contributed by atoms with E-state index in [0.717, 1.165) is 93.3 Å². The number of carbonyl (C=O) groups is 14. The second-order valence-electron chi connectivity index (χ2n) is 30.8. The third-order valence-corrected chi connectivity index (χ3v) is 24.2. The number of urea groups is 2. The summed E-state index contributed by atoms with van der Waals surface area (Å²) in [5, 5.41) is 106. The predicted octanol–water partition coefficient (Wildman–Crippen LogP) is 0.911. The molecule has 0 bridgehead atoms. The molecule has 41 heteroatoms. The molecule has 2 aromatic carbocycles. The molecule has 7 amide bonds. The summed E-state index contributed by atoms with van der Waals surface area (Å²) in [5.41, 5.74) is 8.34. The summed E-state index contributed by atoms with van der Waals surface area (Å²) in [5.74, 6) is -7.64. The van der Waals surface area contributed by atoms with E-state index in [0.29, 0.717) is 73.5 Å². The van der Waals surface area contributed by atoms with Crippen molar-refractivity contribution in [3.8, 4) is 0 Å². The zero-order valence-corrected chi connectivity index (χ0v) is 69.2. The molecule has 119 heavy (non-hydrogen) atoms. The molecule has 8 rings (SSSR count). The highest BCUT2D eigenvalue weighted by atomic mass is 32.2. The molecule has 0 spiro atoms. The maximum atomic E-state index is 12.7. The van der Waals surface area contributed by atoms with Gasteiger partial charge in [0.25, 0.3) is 0 Å². The Morgan fingerprint density at radius 1 is 0.361 bits per heavy atom. The van der Waals surface area contributed by atoms with Crippen molar-refractivity contribution in [1.29, 1.82) is 0 Å². The van der Waals surface area contributed by atoms with Gasteiger partial charge in [0, 0.05) is 169 Å². The summed E-state index contributed by atoms with van der Waals surface area (Å²) in [6.45, 7) is 1.49. The Morgan fingerprint density at radius 2 is 0.681 bits per heavy atom. The summed E-state index contributed by atoms with van der Waals surface area (Å²) in [6.07, 6.45) is 12.1. The third kappa shape index (κ3) is 40.3. The Hall–Kier alpha value is -9.04. The van der Waals surface area contributed by atoms with Crippen LogP contribution in [0.2, 0.25) is 0 Å². The van der Waals surface area contributed by atoms with E-state index in [4.69, 9.17) is 10.8 Å². The van der Waals surface area contributed by atoms with E-state index in [2.05, 4.69) is 37.2 Å². The number of aliphatic carboxylic acids is 9. The molecule has 39 nitrogen and oxygen atoms in total. The maximum Gasteiger partial charge on any atom is 0.317 e. The molecule has 6 heterocycles. The van der Waals surface area contributed by atoms with E-state index < -0.39 is 65.8 Å². The van der Waals surface area contributed by atoms with E-state index in [-0.39, 0.29) is 204 Å². The Bertz CT molecular complexity index is 3620. The summed E-state index contributed by atoms with van der Waals surface area (Å²) in [4.78, 5) is 177. The van der Waals surface area contributed by atoms with Crippen LogP contribution < -0.4 is 43.0 Å². The number of nitrogens with one attached hydrogen (secondary N) is 7. The first kappa shape index (κ1) is 98.8. The standard InChI is InChI=1S/C39H60N8O11S.C29H46N6O9.C10H16N2O3S/c48-32(7-4-3-6-31-38-30(26-59-31)42-39(58)43-38)40-13-5-1-2-8-33(49)41-28-11-9-27(10-12-28)20-29-21-46(24-36(54)55)17-16-44(22-34(50)51)14-15-45(23-35(52)53)18-19-47(29)25-37(56)57;30-9-3-1-2-4-25(36)31-23-7-5-22(6-8-23)16-24-17-34(20-28(41)42)13-12-32(18-26(37)38)10-11-33(19-27(39)40)14-15-35(24)21-29(43)44;13-8(14)4-2-1-3-7-9-6(5-16-7)11-10(15)12-9/h9-12,29-31,38H,1-8,13-26H2,(H,40,48)(H,41,49)(H,50,51)(H,52,53)(H,54,55)(H,56,57)(H2,42,43,58);5-8,24H,1-4,9-21,30H2,(H,31,36)(H,37,38)(H,39,40)(H,41,42)(H,43,44);6-7,9H,1-5H2,(H,13,14)(H2,11,12,15). The van der Waals surface area contributed by atoms with Crippen LogP contribution in [0.25, 0.3) is 0 Å². The van der Waals surface area contributed by atoms with Crippen molar-refractivity contribution >= 4 is 118 Å². The molecule has 0 saturated carbocycles. The molecule has 0 aromatic heterocycles. The van der Waals surface area contributed by atoms with Crippen LogP contribution in [0.1, 0.15) is 114 Å². The monoisotopic (exact) mass is 1710 g/mol. The van der Waals surface area contributed by atoms with Crippen molar-refractivity contribution in [2.75, 3.05) is 179 Å². The number of amides is 7. The number of benzene rings is 2. The van der Waals surface area contributed by atoms with Gasteiger partial charge in [0.05, 0.1) is 76.5 Å². The molecule has 6 saturated heterocycles. The Morgan fingerprint density at radius 3 is 1.03 bits per heavy atom. The molecule has 6 aliphatic rings. The van der Waals surface area contributed by atoms with E-state index >= 15 is 0 Å². The highest BCUT2D eigenvalue weighted by Gasteiger charge is 2.44. The number of fused-ring (bicyclic) bond motifs is 2. The van der Waals surface area contributed by atoms with E-state index in [1.54, 1.807) is 63.5 Å². The van der Waals surface area contributed by atoms with Crippen molar-refractivity contribution in [2.45, 2.75) is 162 Å². The first-order valence-corrected chi connectivity index (χ1v) is 42.8. The fraction of sp³-hybridized carbons (Fsp3) is 0.667. The minimum atomic E-state index is -1.09. The number of nitrogens with two attached hydrogens (primary N) is 1. The number of rotatable bonds is 43. The second kappa shape index (κ2) is 53.6. The quantitative estimate of drug-likeness (QED) is 0.0324. The molecule has 664 valence electrons. The van der Waals surface area contributed by atoms with Crippen molar-refractivity contribution in [2.24, 2.45) is 5.73 Å². The summed E-state index contributed by atoms with van der Waals surface area (Å²) in [6, 6.07) is 14.1. The number of thioether (sulfide) groups is 2. The molecule has 2 aromatic rings. The number of hydrogen-bond donors (Lipinski definition) is 17. The van der Waals surface area contributed by atoms with Gasteiger partial charge in [0.1, 0.15) is 0 Å². The minimum Gasteiger partial charge on any atom is -0.481 e. The number of nitrogens with zero attached hydrogens (tertiary/aromatic N) is 8. The number of hydrogen-bond acceptors (Lipinski definition) is 25.